The van der Waals surface area contributed by atoms with Crippen molar-refractivity contribution in [1.82, 2.24) is 9.97 Å². The van der Waals surface area contributed by atoms with Crippen LogP contribution in [0.4, 0.5) is 21.6 Å². The molecule has 0 fully saturated rings. The van der Waals surface area contributed by atoms with E-state index in [1.807, 2.05) is 18.2 Å². The van der Waals surface area contributed by atoms with Crippen molar-refractivity contribution in [3.05, 3.63) is 107 Å². The molecule has 258 valence electrons. The van der Waals surface area contributed by atoms with E-state index >= 15 is 0 Å². The van der Waals surface area contributed by atoms with Gasteiger partial charge in [0.1, 0.15) is 0 Å². The fourth-order valence-corrected chi connectivity index (χ4v) is 7.23. The summed E-state index contributed by atoms with van der Waals surface area (Å²) in [4.78, 5) is 69.7. The maximum absolute atomic E-state index is 12.6. The van der Waals surface area contributed by atoms with Crippen molar-refractivity contribution in [2.75, 3.05) is 21.3 Å². The van der Waals surface area contributed by atoms with Gasteiger partial charge >= 0.3 is 0 Å². The molecule has 0 saturated carbocycles. The van der Waals surface area contributed by atoms with Gasteiger partial charge in [-0.2, -0.15) is 0 Å². The van der Waals surface area contributed by atoms with Crippen LogP contribution in [0, 0.1) is 0 Å². The van der Waals surface area contributed by atoms with E-state index in [1.54, 1.807) is 66.7 Å². The molecule has 6 rings (SSSR count). The fraction of sp³-hybridized carbons (Fsp3) is 0.184. The Morgan fingerprint density at radius 3 is 1.63 bits per heavy atom. The van der Waals surface area contributed by atoms with E-state index in [2.05, 4.69) is 31.2 Å². The lowest BCUT2D eigenvalue weighted by atomic mass is 10.1. The van der Waals surface area contributed by atoms with Crippen LogP contribution in [0.25, 0.3) is 20.4 Å². The Hall–Kier alpha value is -5.79. The van der Waals surface area contributed by atoms with Crippen LogP contribution in [-0.4, -0.2) is 39.4 Å². The number of rotatable bonds is 13. The van der Waals surface area contributed by atoms with Crippen LogP contribution in [0.15, 0.2) is 84.9 Å². The molecule has 51 heavy (non-hydrogen) atoms. The SMILES string of the molecule is CC(=O)Nc1ccc(CC(=O)Nc2nc3ccc(CCCC(=O)Nc4ccc(CC(=O)Nc5nc6ccc(C(C)=O)cc6s5)cc4)cc3s2)cc1. The summed E-state index contributed by atoms with van der Waals surface area (Å²) >= 11 is 2.72. The van der Waals surface area contributed by atoms with Crippen molar-refractivity contribution in [2.24, 2.45) is 0 Å². The van der Waals surface area contributed by atoms with Gasteiger partial charge in [-0.25, -0.2) is 9.97 Å². The van der Waals surface area contributed by atoms with Gasteiger partial charge in [-0.15, -0.1) is 0 Å². The molecule has 0 saturated heterocycles. The Labute approximate surface area is 301 Å². The number of amides is 4. The highest BCUT2D eigenvalue weighted by molar-refractivity contribution is 7.22. The summed E-state index contributed by atoms with van der Waals surface area (Å²) in [7, 11) is 0. The molecule has 0 spiro atoms. The number of aryl methyl sites for hydroxylation is 1. The van der Waals surface area contributed by atoms with Gasteiger partial charge in [0, 0.05) is 30.3 Å². The van der Waals surface area contributed by atoms with Crippen molar-refractivity contribution in [2.45, 2.75) is 46.0 Å². The van der Waals surface area contributed by atoms with Gasteiger partial charge in [0.15, 0.2) is 16.0 Å². The number of nitrogens with one attached hydrogen (secondary N) is 4. The molecule has 0 aliphatic rings. The summed E-state index contributed by atoms with van der Waals surface area (Å²) in [6.07, 6.45) is 2.03. The second-order valence-electron chi connectivity index (χ2n) is 12.0. The number of aromatic nitrogens is 2. The average Bonchev–Trinajstić information content (AvgIpc) is 3.68. The van der Waals surface area contributed by atoms with E-state index in [0.29, 0.717) is 46.5 Å². The maximum atomic E-state index is 12.6. The molecular formula is C38H34N6O5S2. The van der Waals surface area contributed by atoms with Gasteiger partial charge in [0.25, 0.3) is 0 Å². The van der Waals surface area contributed by atoms with Crippen molar-refractivity contribution in [3.8, 4) is 0 Å². The highest BCUT2D eigenvalue weighted by atomic mass is 32.1. The van der Waals surface area contributed by atoms with E-state index in [9.17, 15) is 24.0 Å². The van der Waals surface area contributed by atoms with E-state index < -0.39 is 0 Å². The maximum Gasteiger partial charge on any atom is 0.230 e. The topological polar surface area (TPSA) is 159 Å². The van der Waals surface area contributed by atoms with Crippen LogP contribution in [0.1, 0.15) is 53.7 Å². The quantitative estimate of drug-likeness (QED) is 0.0907. The average molecular weight is 719 g/mol. The number of ketones is 1. The molecule has 0 unspecified atom stereocenters. The number of benzene rings is 4. The van der Waals surface area contributed by atoms with Crippen molar-refractivity contribution in [3.63, 3.8) is 0 Å². The smallest absolute Gasteiger partial charge is 0.230 e. The van der Waals surface area contributed by atoms with Gasteiger partial charge in [0.2, 0.25) is 23.6 Å². The van der Waals surface area contributed by atoms with E-state index in [1.165, 1.54) is 36.5 Å². The monoisotopic (exact) mass is 718 g/mol. The fourth-order valence-electron chi connectivity index (χ4n) is 5.36. The number of carbonyl (C=O) groups is 5. The van der Waals surface area contributed by atoms with Crippen LogP contribution >= 0.6 is 22.7 Å². The number of thiazole rings is 2. The molecule has 0 radical (unpaired) electrons. The zero-order valence-corrected chi connectivity index (χ0v) is 29.5. The summed E-state index contributed by atoms with van der Waals surface area (Å²) in [5, 5.41) is 12.3. The first-order valence-corrected chi connectivity index (χ1v) is 17.9. The first-order chi connectivity index (χ1) is 24.6. The molecule has 6 aromatic rings. The molecule has 0 aliphatic carbocycles. The zero-order valence-electron chi connectivity index (χ0n) is 27.9. The lowest BCUT2D eigenvalue weighted by molar-refractivity contribution is -0.116. The van der Waals surface area contributed by atoms with E-state index in [4.69, 9.17) is 0 Å². The summed E-state index contributed by atoms with van der Waals surface area (Å²) in [5.41, 5.74) is 6.13. The minimum absolute atomic E-state index is 0.0250. The third-order valence-corrected chi connectivity index (χ3v) is 9.72. The Morgan fingerprint density at radius 2 is 1.08 bits per heavy atom. The first-order valence-electron chi connectivity index (χ1n) is 16.2. The molecule has 4 N–H and O–H groups in total. The molecular weight excluding hydrogens is 685 g/mol. The summed E-state index contributed by atoms with van der Waals surface area (Å²) in [6, 6.07) is 25.5. The Kier molecular flexibility index (Phi) is 10.9. The van der Waals surface area contributed by atoms with Gasteiger partial charge < -0.3 is 21.3 Å². The van der Waals surface area contributed by atoms with Gasteiger partial charge in [-0.3, -0.25) is 24.0 Å². The summed E-state index contributed by atoms with van der Waals surface area (Å²) < 4.78 is 1.78. The highest BCUT2D eigenvalue weighted by Gasteiger charge is 2.13. The standard InChI is InChI=1S/C38H34N6O5S2/c1-22(45)27-11-17-31-33(21-27)51-38(42-31)44-36(49)20-26-8-14-29(15-9-26)40-34(47)5-3-4-24-10-16-30-32(18-24)50-37(41-30)43-35(48)19-25-6-12-28(13-7-25)39-23(2)46/h6-18,21H,3-5,19-20H2,1-2H3,(H,39,46)(H,40,47)(H,41,43,48)(H,42,44,49). The van der Waals surface area contributed by atoms with Crippen LogP contribution < -0.4 is 21.3 Å². The second-order valence-corrected chi connectivity index (χ2v) is 14.1. The lowest BCUT2D eigenvalue weighted by Crippen LogP contribution is -2.14. The Bertz CT molecular complexity index is 2260. The first kappa shape index (κ1) is 35.1. The van der Waals surface area contributed by atoms with Gasteiger partial charge in [-0.05, 0) is 91.1 Å². The molecule has 11 nitrogen and oxygen atoms in total. The van der Waals surface area contributed by atoms with Crippen molar-refractivity contribution < 1.29 is 24.0 Å². The number of fused-ring (bicyclic) bond motifs is 2. The number of hydrogen-bond donors (Lipinski definition) is 4. The predicted octanol–water partition coefficient (Wildman–Crippen LogP) is 7.39. The number of nitrogens with zero attached hydrogens (tertiary/aromatic N) is 2. The van der Waals surface area contributed by atoms with Crippen LogP contribution in [0.2, 0.25) is 0 Å². The number of anilines is 4. The largest absolute Gasteiger partial charge is 0.326 e. The molecule has 13 heteroatoms. The zero-order chi connectivity index (χ0) is 35.9. The van der Waals surface area contributed by atoms with Crippen LogP contribution in [-0.2, 0) is 38.4 Å². The Morgan fingerprint density at radius 1 is 0.569 bits per heavy atom. The van der Waals surface area contributed by atoms with Crippen molar-refractivity contribution >= 4 is 94.2 Å². The number of hydrogen-bond acceptors (Lipinski definition) is 9. The molecule has 2 heterocycles. The van der Waals surface area contributed by atoms with Gasteiger partial charge in [0.05, 0.1) is 33.3 Å². The molecule has 0 aliphatic heterocycles. The molecule has 0 bridgehead atoms. The van der Waals surface area contributed by atoms with Crippen LogP contribution in [0.3, 0.4) is 0 Å². The summed E-state index contributed by atoms with van der Waals surface area (Å²) in [6.45, 7) is 2.95. The van der Waals surface area contributed by atoms with Crippen LogP contribution in [0.5, 0.6) is 0 Å². The molecule has 4 amide bonds. The molecule has 0 atom stereocenters. The van der Waals surface area contributed by atoms with Crippen molar-refractivity contribution in [1.29, 1.82) is 0 Å². The predicted molar refractivity (Wildman–Crippen MR) is 203 cm³/mol. The highest BCUT2D eigenvalue weighted by Crippen LogP contribution is 2.29. The van der Waals surface area contributed by atoms with E-state index in [-0.39, 0.29) is 42.3 Å². The Balaban J connectivity index is 0.929. The third-order valence-electron chi connectivity index (χ3n) is 7.85. The number of carbonyl (C=O) groups excluding carboxylic acids is 5. The minimum Gasteiger partial charge on any atom is -0.326 e. The normalized spacial score (nSPS) is 10.9. The minimum atomic E-state index is -0.210. The lowest BCUT2D eigenvalue weighted by Gasteiger charge is -2.07. The second kappa shape index (κ2) is 15.8. The van der Waals surface area contributed by atoms with E-state index in [0.717, 1.165) is 37.1 Å². The third kappa shape index (κ3) is 9.68. The summed E-state index contributed by atoms with van der Waals surface area (Å²) in [5.74, 6) is -0.667. The number of Topliss-reactive ketones (excluding diaryl/α,β-unsaturated/α-hetero) is 1. The van der Waals surface area contributed by atoms with Gasteiger partial charge in [-0.1, -0.05) is 53.0 Å². The molecule has 2 aromatic heterocycles. The molecule has 4 aromatic carbocycles.